The van der Waals surface area contributed by atoms with Gasteiger partial charge in [-0.3, -0.25) is 4.79 Å². The monoisotopic (exact) mass is 992 g/mol. The van der Waals surface area contributed by atoms with Crippen molar-refractivity contribution in [2.45, 2.75) is 247 Å². The van der Waals surface area contributed by atoms with Crippen LogP contribution < -0.4 is 5.32 Å². The highest BCUT2D eigenvalue weighted by Gasteiger charge is 2.53. The van der Waals surface area contributed by atoms with E-state index in [-0.39, 0.29) is 18.9 Å². The number of ether oxygens (including phenoxy) is 6. The maximum absolute atomic E-state index is 13.2. The molecule has 0 spiro atoms. The molecule has 19 nitrogen and oxygen atoms in total. The van der Waals surface area contributed by atoms with Crippen molar-refractivity contribution in [3.05, 3.63) is 36.5 Å². The molecule has 69 heavy (non-hydrogen) atoms. The fraction of sp³-hybridized carbons (Fsp3) is 0.860. The summed E-state index contributed by atoms with van der Waals surface area (Å²) in [4.78, 5) is 13.2. The van der Waals surface area contributed by atoms with Gasteiger partial charge >= 0.3 is 0 Å². The largest absolute Gasteiger partial charge is 0.394 e. The van der Waals surface area contributed by atoms with Gasteiger partial charge in [-0.2, -0.15) is 0 Å². The van der Waals surface area contributed by atoms with Gasteiger partial charge in [0.1, 0.15) is 73.2 Å². The molecule has 402 valence electrons. The van der Waals surface area contributed by atoms with Crippen LogP contribution >= 0.6 is 0 Å². The summed E-state index contributed by atoms with van der Waals surface area (Å²) >= 11 is 0. The molecule has 3 fully saturated rings. The van der Waals surface area contributed by atoms with Crippen LogP contribution in [0.5, 0.6) is 0 Å². The summed E-state index contributed by atoms with van der Waals surface area (Å²) in [7, 11) is 0. The van der Waals surface area contributed by atoms with E-state index >= 15 is 0 Å². The molecule has 0 aliphatic carbocycles. The minimum absolute atomic E-state index is 0.234. The Hall–Kier alpha value is -1.99. The van der Waals surface area contributed by atoms with Gasteiger partial charge < -0.3 is 89.9 Å². The lowest BCUT2D eigenvalue weighted by Crippen LogP contribution is -2.66. The van der Waals surface area contributed by atoms with Crippen molar-refractivity contribution < 1.29 is 89.4 Å². The maximum Gasteiger partial charge on any atom is 0.220 e. The Morgan fingerprint density at radius 3 is 1.43 bits per heavy atom. The quantitative estimate of drug-likeness (QED) is 0.0318. The second kappa shape index (κ2) is 35.2. The van der Waals surface area contributed by atoms with Crippen molar-refractivity contribution >= 4 is 5.91 Å². The molecule has 0 aromatic carbocycles. The van der Waals surface area contributed by atoms with Crippen LogP contribution in [0.4, 0.5) is 0 Å². The number of amides is 1. The number of unbranched alkanes of at least 4 members (excludes halogenated alkanes) is 15. The first-order chi connectivity index (χ1) is 33.3. The molecule has 1 amide bonds. The van der Waals surface area contributed by atoms with E-state index in [9.17, 15) is 61.0 Å². The van der Waals surface area contributed by atoms with Gasteiger partial charge in [-0.05, 0) is 38.5 Å². The van der Waals surface area contributed by atoms with Crippen LogP contribution in [-0.4, -0.2) is 193 Å². The SMILES string of the molecule is CCCC/C=C/CC/C=C/CC/C=C/C(O)C(COC1OC(CO)C(OC2OC(CO)C(OC3OC(CO)C(O)C(O)C3O)C(O)C2O)C(O)C1O)NC(=O)CCCCCCCCCCCCCC. The predicted octanol–water partition coefficient (Wildman–Crippen LogP) is 1.81. The number of carbonyl (C=O) groups is 1. The van der Waals surface area contributed by atoms with Gasteiger partial charge in [0.15, 0.2) is 18.9 Å². The first-order valence-corrected chi connectivity index (χ1v) is 25.7. The van der Waals surface area contributed by atoms with Crippen molar-refractivity contribution in [1.29, 1.82) is 0 Å². The normalized spacial score (nSPS) is 33.1. The van der Waals surface area contributed by atoms with Crippen LogP contribution in [0.3, 0.4) is 0 Å². The molecule has 0 saturated carbocycles. The molecule has 0 radical (unpaired) electrons. The van der Waals surface area contributed by atoms with Crippen LogP contribution in [0.1, 0.15) is 142 Å². The van der Waals surface area contributed by atoms with Crippen molar-refractivity contribution in [2.75, 3.05) is 26.4 Å². The summed E-state index contributed by atoms with van der Waals surface area (Å²) in [5.74, 6) is -0.295. The van der Waals surface area contributed by atoms with Crippen molar-refractivity contribution in [2.24, 2.45) is 0 Å². The van der Waals surface area contributed by atoms with Gasteiger partial charge in [-0.25, -0.2) is 0 Å². The molecule has 0 aromatic heterocycles. The highest BCUT2D eigenvalue weighted by atomic mass is 16.8. The Labute approximate surface area is 409 Å². The number of aliphatic hydroxyl groups excluding tert-OH is 11. The van der Waals surface area contributed by atoms with Crippen LogP contribution in [-0.2, 0) is 33.2 Å². The van der Waals surface area contributed by atoms with Crippen molar-refractivity contribution in [1.82, 2.24) is 5.32 Å². The summed E-state index contributed by atoms with van der Waals surface area (Å²) < 4.78 is 34.0. The average Bonchev–Trinajstić information content (AvgIpc) is 3.34. The number of aliphatic hydroxyl groups is 11. The Kier molecular flexibility index (Phi) is 31.3. The third kappa shape index (κ3) is 21.2. The lowest BCUT2D eigenvalue weighted by Gasteiger charge is -2.48. The first-order valence-electron chi connectivity index (χ1n) is 25.7. The highest BCUT2D eigenvalue weighted by molar-refractivity contribution is 5.76. The molecule has 0 aromatic rings. The summed E-state index contributed by atoms with van der Waals surface area (Å²) in [6.07, 6.45) is 5.86. The van der Waals surface area contributed by atoms with Crippen molar-refractivity contribution in [3.8, 4) is 0 Å². The second-order valence-electron chi connectivity index (χ2n) is 18.6. The smallest absolute Gasteiger partial charge is 0.220 e. The van der Waals surface area contributed by atoms with Crippen LogP contribution in [0.25, 0.3) is 0 Å². The van der Waals surface area contributed by atoms with E-state index in [0.29, 0.717) is 12.8 Å². The molecule has 3 rings (SSSR count). The molecule has 3 saturated heterocycles. The minimum atomic E-state index is -1.98. The molecule has 17 atom stereocenters. The zero-order chi connectivity index (χ0) is 50.6. The van der Waals surface area contributed by atoms with Crippen LogP contribution in [0, 0.1) is 0 Å². The second-order valence-corrected chi connectivity index (χ2v) is 18.6. The van der Waals surface area contributed by atoms with Crippen LogP contribution in [0.2, 0.25) is 0 Å². The number of nitrogens with one attached hydrogen (secondary N) is 1. The van der Waals surface area contributed by atoms with Gasteiger partial charge in [-0.1, -0.05) is 134 Å². The number of hydrogen-bond acceptors (Lipinski definition) is 18. The zero-order valence-electron chi connectivity index (χ0n) is 41.0. The lowest BCUT2D eigenvalue weighted by atomic mass is 9.96. The molecule has 3 aliphatic rings. The number of hydrogen-bond donors (Lipinski definition) is 12. The molecule has 3 heterocycles. The van der Waals surface area contributed by atoms with Gasteiger partial charge in [-0.15, -0.1) is 0 Å². The molecular weight excluding hydrogens is 903 g/mol. The lowest BCUT2D eigenvalue weighted by molar-refractivity contribution is -0.379. The summed E-state index contributed by atoms with van der Waals surface area (Å²) in [5.41, 5.74) is 0. The number of rotatable bonds is 35. The Morgan fingerprint density at radius 2 is 0.928 bits per heavy atom. The summed E-state index contributed by atoms with van der Waals surface area (Å²) in [5, 5.41) is 119. The fourth-order valence-corrected chi connectivity index (χ4v) is 8.56. The highest BCUT2D eigenvalue weighted by Crippen LogP contribution is 2.33. The van der Waals surface area contributed by atoms with E-state index in [1.54, 1.807) is 6.08 Å². The van der Waals surface area contributed by atoms with E-state index in [4.69, 9.17) is 28.4 Å². The Balaban J connectivity index is 1.58. The molecule has 12 N–H and O–H groups in total. The van der Waals surface area contributed by atoms with Crippen LogP contribution in [0.15, 0.2) is 36.5 Å². The molecule has 19 heteroatoms. The zero-order valence-corrected chi connectivity index (χ0v) is 41.0. The fourth-order valence-electron chi connectivity index (χ4n) is 8.56. The maximum atomic E-state index is 13.2. The van der Waals surface area contributed by atoms with Crippen molar-refractivity contribution in [3.63, 3.8) is 0 Å². The minimum Gasteiger partial charge on any atom is -0.394 e. The van der Waals surface area contributed by atoms with Gasteiger partial charge in [0.2, 0.25) is 5.91 Å². The summed E-state index contributed by atoms with van der Waals surface area (Å²) in [6, 6.07) is -0.989. The standard InChI is InChI=1S/C50H89NO18/c1-3-5-7-9-11-13-15-17-19-21-23-25-27-34(55)33(51-38(56)28-26-24-22-20-18-16-14-12-10-8-6-4-2)32-64-48-44(62)41(59)46(36(30-53)66-48)69-50-45(63)42(60)47(37(31-54)67-50)68-49-43(61)40(58)39(57)35(29-52)65-49/h9,11,17,19,25,27,33-37,39-50,52-55,57-63H,3-8,10,12-16,18,20-24,26,28-32H2,1-2H3,(H,51,56)/b11-9+,19-17+,27-25+. The molecular formula is C50H89NO18. The summed E-state index contributed by atoms with van der Waals surface area (Å²) in [6.45, 7) is 1.59. The molecule has 3 aliphatic heterocycles. The van der Waals surface area contributed by atoms with Gasteiger partial charge in [0.05, 0.1) is 38.6 Å². The third-order valence-corrected chi connectivity index (χ3v) is 12.9. The van der Waals surface area contributed by atoms with Gasteiger partial charge in [0, 0.05) is 6.42 Å². The topological polar surface area (TPSA) is 307 Å². The van der Waals surface area contributed by atoms with E-state index < -0.39 is 124 Å². The third-order valence-electron chi connectivity index (χ3n) is 12.9. The Morgan fingerprint density at radius 1 is 0.507 bits per heavy atom. The van der Waals surface area contributed by atoms with E-state index in [2.05, 4.69) is 43.5 Å². The van der Waals surface area contributed by atoms with Gasteiger partial charge in [0.25, 0.3) is 0 Å². The van der Waals surface area contributed by atoms with E-state index in [1.807, 2.05) is 6.08 Å². The number of carbonyl (C=O) groups excluding carboxylic acids is 1. The predicted molar refractivity (Wildman–Crippen MR) is 254 cm³/mol. The van der Waals surface area contributed by atoms with E-state index in [0.717, 1.165) is 44.9 Å². The Bertz CT molecular complexity index is 1420. The average molecular weight is 992 g/mol. The molecule has 17 unspecified atom stereocenters. The first kappa shape index (κ1) is 61.3. The number of allylic oxidation sites excluding steroid dienone is 5. The van der Waals surface area contributed by atoms with E-state index in [1.165, 1.54) is 64.2 Å². The molecule has 0 bridgehead atoms.